The van der Waals surface area contributed by atoms with Crippen molar-refractivity contribution < 1.29 is 9.47 Å². The quantitative estimate of drug-likeness (QED) is 0.485. The van der Waals surface area contributed by atoms with Gasteiger partial charge in [-0.25, -0.2) is 0 Å². The first-order valence-corrected chi connectivity index (χ1v) is 9.68. The van der Waals surface area contributed by atoms with Crippen molar-refractivity contribution in [1.29, 1.82) is 0 Å². The van der Waals surface area contributed by atoms with Crippen molar-refractivity contribution >= 4 is 11.6 Å². The van der Waals surface area contributed by atoms with Gasteiger partial charge < -0.3 is 20.5 Å². The number of aliphatic imine (C=N–C) groups is 1. The molecule has 3 N–H and O–H groups in total. The van der Waals surface area contributed by atoms with E-state index in [1.165, 1.54) is 5.56 Å². The van der Waals surface area contributed by atoms with Gasteiger partial charge in [-0.05, 0) is 37.2 Å². The summed E-state index contributed by atoms with van der Waals surface area (Å²) in [5, 5.41) is 3.13. The van der Waals surface area contributed by atoms with Gasteiger partial charge in [0.1, 0.15) is 11.5 Å². The number of anilines is 1. The van der Waals surface area contributed by atoms with Crippen LogP contribution in [0.15, 0.2) is 53.5 Å². The summed E-state index contributed by atoms with van der Waals surface area (Å²) >= 11 is 0. The Morgan fingerprint density at radius 3 is 2.39 bits per heavy atom. The lowest BCUT2D eigenvalue weighted by Crippen LogP contribution is -2.39. The largest absolute Gasteiger partial charge is 0.497 e. The molecule has 2 rings (SSSR count). The Hall–Kier alpha value is -2.73. The predicted molar refractivity (Wildman–Crippen MR) is 117 cm³/mol. The van der Waals surface area contributed by atoms with Gasteiger partial charge in [-0.2, -0.15) is 0 Å². The number of rotatable bonds is 10. The molecule has 0 amide bonds. The molecule has 0 spiro atoms. The van der Waals surface area contributed by atoms with Gasteiger partial charge >= 0.3 is 0 Å². The maximum Gasteiger partial charge on any atom is 0.193 e. The Bertz CT molecular complexity index is 745. The first-order chi connectivity index (χ1) is 13.6. The summed E-state index contributed by atoms with van der Waals surface area (Å²) in [4.78, 5) is 7.02. The molecular formula is C22H32N4O2. The minimum absolute atomic E-state index is 0.282. The van der Waals surface area contributed by atoms with Crippen LogP contribution in [-0.4, -0.2) is 50.8 Å². The van der Waals surface area contributed by atoms with Crippen molar-refractivity contribution in [2.24, 2.45) is 10.7 Å². The highest BCUT2D eigenvalue weighted by molar-refractivity contribution is 5.94. The van der Waals surface area contributed by atoms with Crippen molar-refractivity contribution in [1.82, 2.24) is 4.90 Å². The van der Waals surface area contributed by atoms with Gasteiger partial charge in [-0.3, -0.25) is 9.89 Å². The molecule has 0 heterocycles. The van der Waals surface area contributed by atoms with Crippen molar-refractivity contribution in [2.45, 2.75) is 26.3 Å². The van der Waals surface area contributed by atoms with Crippen LogP contribution in [0.1, 0.15) is 19.4 Å². The summed E-state index contributed by atoms with van der Waals surface area (Å²) in [6, 6.07) is 16.3. The number of methoxy groups -OCH3 is 2. The maximum atomic E-state index is 6.17. The molecule has 0 aliphatic rings. The summed E-state index contributed by atoms with van der Waals surface area (Å²) in [5.41, 5.74) is 8.20. The molecule has 0 saturated heterocycles. The van der Waals surface area contributed by atoms with E-state index in [4.69, 9.17) is 15.2 Å². The van der Waals surface area contributed by atoms with Crippen LogP contribution in [0.25, 0.3) is 0 Å². The van der Waals surface area contributed by atoms with E-state index in [-0.39, 0.29) is 6.04 Å². The predicted octanol–water partition coefficient (Wildman–Crippen LogP) is 3.38. The monoisotopic (exact) mass is 384 g/mol. The zero-order valence-electron chi connectivity index (χ0n) is 17.3. The second-order valence-corrected chi connectivity index (χ2v) is 6.48. The number of ether oxygens (including phenoxy) is 2. The van der Waals surface area contributed by atoms with Crippen LogP contribution in [-0.2, 0) is 6.42 Å². The molecule has 0 saturated carbocycles. The second kappa shape index (κ2) is 11.2. The summed E-state index contributed by atoms with van der Waals surface area (Å²) in [7, 11) is 3.25. The summed E-state index contributed by atoms with van der Waals surface area (Å²) < 4.78 is 10.7. The van der Waals surface area contributed by atoms with Gasteiger partial charge in [-0.15, -0.1) is 0 Å². The molecule has 1 unspecified atom stereocenters. The molecule has 0 aromatic heterocycles. The topological polar surface area (TPSA) is 72.1 Å². The summed E-state index contributed by atoms with van der Waals surface area (Å²) in [5.74, 6) is 1.77. The third kappa shape index (κ3) is 6.16. The average molecular weight is 385 g/mol. The summed E-state index contributed by atoms with van der Waals surface area (Å²) in [6.45, 7) is 6.91. The molecule has 0 bridgehead atoms. The van der Waals surface area contributed by atoms with E-state index in [2.05, 4.69) is 53.3 Å². The number of benzene rings is 2. The van der Waals surface area contributed by atoms with E-state index in [0.717, 1.165) is 30.9 Å². The molecule has 0 aliphatic heterocycles. The van der Waals surface area contributed by atoms with E-state index >= 15 is 0 Å². The standard InChI is InChI=1S/C22H32N4O2/c1-5-26(6-2)18(14-17-10-8-7-9-11-17)16-24-22(23)25-20-15-19(27-3)12-13-21(20)28-4/h7-13,15,18H,5-6,14,16H2,1-4H3,(H3,23,24,25). The van der Waals surface area contributed by atoms with Crippen molar-refractivity contribution in [3.63, 3.8) is 0 Å². The van der Waals surface area contributed by atoms with E-state index in [9.17, 15) is 0 Å². The number of hydrogen-bond donors (Lipinski definition) is 2. The summed E-state index contributed by atoms with van der Waals surface area (Å²) in [6.07, 6.45) is 0.932. The molecule has 6 nitrogen and oxygen atoms in total. The zero-order valence-corrected chi connectivity index (χ0v) is 17.3. The van der Waals surface area contributed by atoms with Crippen LogP contribution in [0.4, 0.5) is 5.69 Å². The molecule has 2 aromatic carbocycles. The highest BCUT2D eigenvalue weighted by Gasteiger charge is 2.16. The second-order valence-electron chi connectivity index (χ2n) is 6.48. The molecular weight excluding hydrogens is 352 g/mol. The molecule has 1 atom stereocenters. The smallest absolute Gasteiger partial charge is 0.193 e. The van der Waals surface area contributed by atoms with Crippen LogP contribution in [0.5, 0.6) is 11.5 Å². The minimum Gasteiger partial charge on any atom is -0.497 e. The van der Waals surface area contributed by atoms with Crippen LogP contribution < -0.4 is 20.5 Å². The molecule has 28 heavy (non-hydrogen) atoms. The van der Waals surface area contributed by atoms with Crippen LogP contribution >= 0.6 is 0 Å². The zero-order chi connectivity index (χ0) is 20.4. The third-order valence-corrected chi connectivity index (χ3v) is 4.78. The maximum absolute atomic E-state index is 6.17. The first kappa shape index (κ1) is 21.6. The fraction of sp³-hybridized carbons (Fsp3) is 0.409. The minimum atomic E-state index is 0.282. The molecule has 0 fully saturated rings. The number of nitrogens with two attached hydrogens (primary N) is 1. The Morgan fingerprint density at radius 1 is 1.07 bits per heavy atom. The molecule has 0 aliphatic carbocycles. The lowest BCUT2D eigenvalue weighted by Gasteiger charge is -2.28. The molecule has 2 aromatic rings. The number of nitrogens with one attached hydrogen (secondary N) is 1. The molecule has 6 heteroatoms. The normalized spacial score (nSPS) is 12.7. The van der Waals surface area contributed by atoms with E-state index in [0.29, 0.717) is 18.3 Å². The number of likely N-dealkylation sites (N-methyl/N-ethyl adjacent to an activating group) is 1. The number of guanidine groups is 1. The third-order valence-electron chi connectivity index (χ3n) is 4.78. The Balaban J connectivity index is 2.12. The van der Waals surface area contributed by atoms with Gasteiger partial charge in [0.25, 0.3) is 0 Å². The lowest BCUT2D eigenvalue weighted by molar-refractivity contribution is 0.220. The molecule has 152 valence electrons. The fourth-order valence-corrected chi connectivity index (χ4v) is 3.23. The number of hydrogen-bond acceptors (Lipinski definition) is 4. The fourth-order valence-electron chi connectivity index (χ4n) is 3.23. The van der Waals surface area contributed by atoms with Crippen LogP contribution in [0, 0.1) is 0 Å². The first-order valence-electron chi connectivity index (χ1n) is 9.68. The highest BCUT2D eigenvalue weighted by atomic mass is 16.5. The lowest BCUT2D eigenvalue weighted by atomic mass is 10.0. The van der Waals surface area contributed by atoms with Crippen molar-refractivity contribution in [2.75, 3.05) is 39.2 Å². The van der Waals surface area contributed by atoms with Gasteiger partial charge in [0.05, 0.1) is 26.5 Å². The van der Waals surface area contributed by atoms with Gasteiger partial charge in [0, 0.05) is 12.1 Å². The van der Waals surface area contributed by atoms with Gasteiger partial charge in [0.2, 0.25) is 0 Å². The SMILES string of the molecule is CCN(CC)C(CN=C(N)Nc1cc(OC)ccc1OC)Cc1ccccc1. The van der Waals surface area contributed by atoms with Crippen LogP contribution in [0.3, 0.4) is 0 Å². The van der Waals surface area contributed by atoms with Crippen molar-refractivity contribution in [3.8, 4) is 11.5 Å². The van der Waals surface area contributed by atoms with E-state index in [1.807, 2.05) is 24.3 Å². The Labute approximate surface area is 168 Å². The highest BCUT2D eigenvalue weighted by Crippen LogP contribution is 2.28. The Morgan fingerprint density at radius 2 is 1.79 bits per heavy atom. The van der Waals surface area contributed by atoms with Gasteiger partial charge in [-0.1, -0.05) is 44.2 Å². The van der Waals surface area contributed by atoms with Crippen molar-refractivity contribution in [3.05, 3.63) is 54.1 Å². The van der Waals surface area contributed by atoms with Gasteiger partial charge in [0.15, 0.2) is 5.96 Å². The number of nitrogens with zero attached hydrogens (tertiary/aromatic N) is 2. The van der Waals surface area contributed by atoms with Crippen LogP contribution in [0.2, 0.25) is 0 Å². The Kier molecular flexibility index (Phi) is 8.62. The molecule has 0 radical (unpaired) electrons. The van der Waals surface area contributed by atoms with E-state index < -0.39 is 0 Å². The average Bonchev–Trinajstić information content (AvgIpc) is 2.73. The van der Waals surface area contributed by atoms with E-state index in [1.54, 1.807) is 14.2 Å².